The lowest BCUT2D eigenvalue weighted by atomic mass is 10.0. The fourth-order valence-electron chi connectivity index (χ4n) is 3.58. The van der Waals surface area contributed by atoms with E-state index in [-0.39, 0.29) is 5.75 Å². The molecule has 8 nitrogen and oxygen atoms in total. The predicted octanol–water partition coefficient (Wildman–Crippen LogP) is 4.33. The van der Waals surface area contributed by atoms with Gasteiger partial charge in [0.15, 0.2) is 17.2 Å². The van der Waals surface area contributed by atoms with Crippen molar-refractivity contribution in [2.24, 2.45) is 0 Å². The molecular weight excluding hydrogens is 401 g/mol. The summed E-state index contributed by atoms with van der Waals surface area (Å²) in [4.78, 5) is 19.9. The minimum absolute atomic E-state index is 0.132. The highest BCUT2D eigenvalue weighted by Gasteiger charge is 2.16. The number of ether oxygens (including phenoxy) is 2. The van der Waals surface area contributed by atoms with Crippen LogP contribution in [0.4, 0.5) is 4.53 Å². The van der Waals surface area contributed by atoms with Crippen molar-refractivity contribution >= 4 is 21.8 Å². The van der Waals surface area contributed by atoms with E-state index >= 15 is 0 Å². The largest absolute Gasteiger partial charge is 0.493 e. The molecule has 3 aromatic heterocycles. The summed E-state index contributed by atoms with van der Waals surface area (Å²) in [5.41, 5.74) is 3.06. The van der Waals surface area contributed by atoms with E-state index in [0.29, 0.717) is 24.7 Å². The first-order valence-electron chi connectivity index (χ1n) is 9.58. The van der Waals surface area contributed by atoms with Crippen molar-refractivity contribution in [3.8, 4) is 28.5 Å². The van der Waals surface area contributed by atoms with Crippen molar-refractivity contribution in [1.82, 2.24) is 24.5 Å². The van der Waals surface area contributed by atoms with Crippen molar-refractivity contribution in [3.05, 3.63) is 61.6 Å². The van der Waals surface area contributed by atoms with Crippen molar-refractivity contribution in [1.29, 1.82) is 0 Å². The normalized spacial score (nSPS) is 11.2. The summed E-state index contributed by atoms with van der Waals surface area (Å²) in [6.45, 7) is 1.12. The van der Waals surface area contributed by atoms with Crippen LogP contribution in [-0.4, -0.2) is 38.2 Å². The molecule has 0 aliphatic rings. The van der Waals surface area contributed by atoms with Crippen LogP contribution in [0.2, 0.25) is 0 Å². The number of methoxy groups -OCH3 is 1. The fourth-order valence-corrected chi connectivity index (χ4v) is 3.58. The lowest BCUT2D eigenvalue weighted by molar-refractivity contribution is -0.00604. The molecule has 0 unspecified atom stereocenters. The topological polar surface area (TPSA) is 87.1 Å². The molecule has 0 radical (unpaired) electrons. The van der Waals surface area contributed by atoms with E-state index in [1.807, 2.05) is 29.1 Å². The van der Waals surface area contributed by atoms with Gasteiger partial charge in [0.25, 0.3) is 0 Å². The molecule has 0 spiro atoms. The lowest BCUT2D eigenvalue weighted by Gasteiger charge is -2.13. The van der Waals surface area contributed by atoms with Gasteiger partial charge in [0.1, 0.15) is 12.9 Å². The predicted molar refractivity (Wildman–Crippen MR) is 113 cm³/mol. The molecule has 0 fully saturated rings. The maximum Gasteiger partial charge on any atom is 0.174 e. The molecule has 0 amide bonds. The van der Waals surface area contributed by atoms with Crippen LogP contribution in [0.1, 0.15) is 0 Å². The maximum atomic E-state index is 12.5. The Labute approximate surface area is 176 Å². The van der Waals surface area contributed by atoms with Crippen molar-refractivity contribution in [3.63, 3.8) is 0 Å². The van der Waals surface area contributed by atoms with Crippen LogP contribution in [0.25, 0.3) is 33.1 Å². The van der Waals surface area contributed by atoms with Crippen LogP contribution >= 0.6 is 0 Å². The number of aromatic nitrogens is 5. The molecule has 0 atom stereocenters. The van der Waals surface area contributed by atoms with E-state index in [0.717, 1.165) is 33.1 Å². The molecule has 0 aliphatic carbocycles. The summed E-state index contributed by atoms with van der Waals surface area (Å²) in [5, 5.41) is 1.70. The molecule has 31 heavy (non-hydrogen) atoms. The van der Waals surface area contributed by atoms with E-state index in [9.17, 15) is 4.53 Å². The number of H-pyrrole nitrogens is 1. The zero-order chi connectivity index (χ0) is 21.2. The Bertz CT molecular complexity index is 1350. The number of halogens is 1. The molecule has 3 heterocycles. The summed E-state index contributed by atoms with van der Waals surface area (Å²) in [5.74, 6) is 1.32. The standard InChI is InChI=1S/C22H18FN5O3/c1-29-20-9-16-19(10-21(20)30-7-6-28-5-4-24-13-28)26-12-27-22(16)17-11-25-18-8-14(31-23)2-3-15(17)18/h2-5,8-13,25H,6-7H2,1H3. The third kappa shape index (κ3) is 3.50. The summed E-state index contributed by atoms with van der Waals surface area (Å²) >= 11 is 0. The quantitative estimate of drug-likeness (QED) is 0.423. The van der Waals surface area contributed by atoms with Crippen LogP contribution in [0.3, 0.4) is 0 Å². The van der Waals surface area contributed by atoms with Gasteiger partial charge in [0, 0.05) is 57.1 Å². The zero-order valence-electron chi connectivity index (χ0n) is 16.6. The Kier molecular flexibility index (Phi) is 4.83. The molecule has 156 valence electrons. The number of benzene rings is 2. The molecule has 5 rings (SSSR count). The number of aromatic amines is 1. The van der Waals surface area contributed by atoms with E-state index in [4.69, 9.17) is 9.47 Å². The summed E-state index contributed by atoms with van der Waals surface area (Å²) < 4.78 is 26.0. The van der Waals surface area contributed by atoms with Crippen LogP contribution in [-0.2, 0) is 6.54 Å². The lowest BCUT2D eigenvalue weighted by Crippen LogP contribution is -2.07. The molecule has 0 saturated carbocycles. The Morgan fingerprint density at radius 3 is 2.84 bits per heavy atom. The minimum atomic E-state index is 0.132. The van der Waals surface area contributed by atoms with Crippen molar-refractivity contribution in [2.45, 2.75) is 6.54 Å². The minimum Gasteiger partial charge on any atom is -0.493 e. The van der Waals surface area contributed by atoms with Gasteiger partial charge in [-0.2, -0.15) is 0 Å². The summed E-state index contributed by atoms with van der Waals surface area (Å²) in [6.07, 6.45) is 8.69. The molecule has 5 aromatic rings. The zero-order valence-corrected chi connectivity index (χ0v) is 16.6. The number of nitrogens with one attached hydrogen (secondary N) is 1. The molecule has 0 aliphatic heterocycles. The van der Waals surface area contributed by atoms with E-state index in [1.165, 1.54) is 6.33 Å². The maximum absolute atomic E-state index is 12.5. The van der Waals surface area contributed by atoms with Crippen LogP contribution in [0.15, 0.2) is 61.6 Å². The number of hydrogen-bond acceptors (Lipinski definition) is 6. The second-order valence-corrected chi connectivity index (χ2v) is 6.88. The Hall–Kier alpha value is -4.14. The number of hydrogen-bond donors (Lipinski definition) is 1. The average Bonchev–Trinajstić information content (AvgIpc) is 3.47. The Morgan fingerprint density at radius 2 is 2.03 bits per heavy atom. The third-order valence-corrected chi connectivity index (χ3v) is 5.08. The van der Waals surface area contributed by atoms with Gasteiger partial charge in [-0.1, -0.05) is 0 Å². The molecular formula is C22H18FN5O3. The van der Waals surface area contributed by atoms with Gasteiger partial charge < -0.3 is 19.0 Å². The molecule has 0 bridgehead atoms. The Balaban J connectivity index is 1.53. The highest BCUT2D eigenvalue weighted by Crippen LogP contribution is 2.38. The van der Waals surface area contributed by atoms with Gasteiger partial charge >= 0.3 is 0 Å². The van der Waals surface area contributed by atoms with Crippen molar-refractivity contribution in [2.75, 3.05) is 13.7 Å². The highest BCUT2D eigenvalue weighted by atomic mass is 19.3. The SMILES string of the molecule is COc1cc2c(-c3c[nH]c4cc(OF)ccc34)ncnc2cc1OCCn1ccnc1. The van der Waals surface area contributed by atoms with E-state index < -0.39 is 0 Å². The van der Waals surface area contributed by atoms with Gasteiger partial charge in [-0.05, 0) is 18.2 Å². The Morgan fingerprint density at radius 1 is 1.10 bits per heavy atom. The summed E-state index contributed by atoms with van der Waals surface area (Å²) in [7, 11) is 1.59. The average molecular weight is 419 g/mol. The first-order chi connectivity index (χ1) is 15.3. The number of imidazole rings is 1. The summed E-state index contributed by atoms with van der Waals surface area (Å²) in [6, 6.07) is 8.66. The molecule has 9 heteroatoms. The number of rotatable bonds is 7. The molecule has 2 aromatic carbocycles. The molecule has 1 N–H and O–H groups in total. The fraction of sp³-hybridized carbons (Fsp3) is 0.136. The van der Waals surface area contributed by atoms with Gasteiger partial charge in [-0.15, -0.1) is 0 Å². The third-order valence-electron chi connectivity index (χ3n) is 5.08. The van der Waals surface area contributed by atoms with Crippen LogP contribution in [0.5, 0.6) is 17.2 Å². The number of nitrogens with zero attached hydrogens (tertiary/aromatic N) is 4. The monoisotopic (exact) mass is 419 g/mol. The van der Waals surface area contributed by atoms with Crippen LogP contribution in [0, 0.1) is 0 Å². The first kappa shape index (κ1) is 18.9. The number of fused-ring (bicyclic) bond motifs is 2. The van der Waals surface area contributed by atoms with Gasteiger partial charge in [0.2, 0.25) is 0 Å². The van der Waals surface area contributed by atoms with E-state index in [1.54, 1.807) is 37.8 Å². The van der Waals surface area contributed by atoms with Crippen molar-refractivity contribution < 1.29 is 18.9 Å². The van der Waals surface area contributed by atoms with E-state index in [2.05, 4.69) is 24.9 Å². The second-order valence-electron chi connectivity index (χ2n) is 6.88. The van der Waals surface area contributed by atoms with Crippen LogP contribution < -0.4 is 14.4 Å². The van der Waals surface area contributed by atoms with Gasteiger partial charge in [0.05, 0.1) is 31.2 Å². The van der Waals surface area contributed by atoms with Gasteiger partial charge in [-0.25, -0.2) is 15.0 Å². The van der Waals surface area contributed by atoms with Gasteiger partial charge in [-0.3, -0.25) is 4.94 Å². The highest BCUT2D eigenvalue weighted by molar-refractivity contribution is 6.03. The first-order valence-corrected chi connectivity index (χ1v) is 9.58. The smallest absolute Gasteiger partial charge is 0.174 e. The molecule has 0 saturated heterocycles. The second kappa shape index (κ2) is 7.94.